The highest BCUT2D eigenvalue weighted by Gasteiger charge is 2.18. The number of rotatable bonds is 7. The number of furan rings is 1. The first-order valence-corrected chi connectivity index (χ1v) is 10.3. The van der Waals surface area contributed by atoms with Gasteiger partial charge in [-0.1, -0.05) is 35.5 Å². The Hall–Kier alpha value is -3.33. The molecule has 1 aromatic carbocycles. The Bertz CT molecular complexity index is 1090. The highest BCUT2D eigenvalue weighted by molar-refractivity contribution is 7.99. The smallest absolute Gasteiger partial charge is 0.325 e. The van der Waals surface area contributed by atoms with Crippen LogP contribution in [0.2, 0.25) is 0 Å². The van der Waals surface area contributed by atoms with Gasteiger partial charge >= 0.3 is 6.03 Å². The van der Waals surface area contributed by atoms with E-state index >= 15 is 0 Å². The first-order chi connectivity index (χ1) is 14.4. The van der Waals surface area contributed by atoms with Crippen LogP contribution in [0.1, 0.15) is 16.9 Å². The fourth-order valence-electron chi connectivity index (χ4n) is 2.91. The third-order valence-corrected chi connectivity index (χ3v) is 5.31. The normalized spacial score (nSPS) is 10.6. The van der Waals surface area contributed by atoms with Gasteiger partial charge in [-0.05, 0) is 38.5 Å². The molecule has 0 aliphatic heterocycles. The van der Waals surface area contributed by atoms with Gasteiger partial charge in [0.2, 0.25) is 5.91 Å². The van der Waals surface area contributed by atoms with Crippen LogP contribution >= 0.6 is 11.8 Å². The third-order valence-electron chi connectivity index (χ3n) is 4.34. The van der Waals surface area contributed by atoms with Gasteiger partial charge in [0, 0.05) is 12.2 Å². The lowest BCUT2D eigenvalue weighted by atomic mass is 10.1. The quantitative estimate of drug-likeness (QED) is 0.437. The molecule has 3 amide bonds. The summed E-state index contributed by atoms with van der Waals surface area (Å²) >= 11 is 1.19. The average Bonchev–Trinajstić information content (AvgIpc) is 3.28. The zero-order chi connectivity index (χ0) is 21.7. The Morgan fingerprint density at radius 2 is 2.03 bits per heavy atom. The van der Waals surface area contributed by atoms with Crippen molar-refractivity contribution in [3.63, 3.8) is 0 Å². The lowest BCUT2D eigenvalue weighted by Crippen LogP contribution is -2.35. The van der Waals surface area contributed by atoms with E-state index in [1.807, 2.05) is 43.5 Å². The third kappa shape index (κ3) is 4.98. The number of benzene rings is 1. The maximum atomic E-state index is 12.2. The van der Waals surface area contributed by atoms with Crippen LogP contribution in [-0.4, -0.2) is 32.5 Å². The zero-order valence-corrected chi connectivity index (χ0v) is 17.9. The molecule has 30 heavy (non-hydrogen) atoms. The van der Waals surface area contributed by atoms with Crippen molar-refractivity contribution >= 4 is 29.4 Å². The molecule has 0 bridgehead atoms. The van der Waals surface area contributed by atoms with E-state index in [9.17, 15) is 9.59 Å². The molecular weight excluding hydrogens is 402 g/mol. The number of nitrogens with zero attached hydrogens (tertiary/aromatic N) is 3. The summed E-state index contributed by atoms with van der Waals surface area (Å²) < 4.78 is 7.19. The second kappa shape index (κ2) is 9.45. The van der Waals surface area contributed by atoms with Crippen LogP contribution in [0.25, 0.3) is 11.4 Å². The van der Waals surface area contributed by atoms with E-state index in [4.69, 9.17) is 4.42 Å². The molecule has 0 saturated carbocycles. The number of nitrogens with one attached hydrogen (secondary N) is 2. The zero-order valence-electron chi connectivity index (χ0n) is 17.1. The van der Waals surface area contributed by atoms with E-state index in [0.717, 1.165) is 22.5 Å². The van der Waals surface area contributed by atoms with Crippen LogP contribution in [0.3, 0.4) is 0 Å². The lowest BCUT2D eigenvalue weighted by Gasteiger charge is -2.10. The Labute approximate surface area is 178 Å². The molecule has 0 atom stereocenters. The van der Waals surface area contributed by atoms with Crippen molar-refractivity contribution in [1.82, 2.24) is 20.1 Å². The summed E-state index contributed by atoms with van der Waals surface area (Å²) in [4.78, 5) is 24.4. The monoisotopic (exact) mass is 425 g/mol. The second-order valence-electron chi connectivity index (χ2n) is 6.71. The summed E-state index contributed by atoms with van der Waals surface area (Å²) in [6, 6.07) is 6.90. The summed E-state index contributed by atoms with van der Waals surface area (Å²) in [7, 11) is 0. The van der Waals surface area contributed by atoms with Crippen LogP contribution in [0, 0.1) is 20.8 Å². The van der Waals surface area contributed by atoms with Crippen molar-refractivity contribution in [3.05, 3.63) is 60.1 Å². The maximum Gasteiger partial charge on any atom is 0.325 e. The van der Waals surface area contributed by atoms with Crippen molar-refractivity contribution in [2.24, 2.45) is 0 Å². The molecule has 0 saturated heterocycles. The average molecular weight is 426 g/mol. The minimum Gasteiger partial charge on any atom is -0.469 e. The highest BCUT2D eigenvalue weighted by Crippen LogP contribution is 2.27. The van der Waals surface area contributed by atoms with Gasteiger partial charge in [-0.2, -0.15) is 0 Å². The number of aryl methyl sites for hydroxylation is 3. The minimum absolute atomic E-state index is 0.0138. The maximum absolute atomic E-state index is 12.2. The van der Waals surface area contributed by atoms with Crippen molar-refractivity contribution in [2.75, 3.05) is 11.1 Å². The predicted molar refractivity (Wildman–Crippen MR) is 116 cm³/mol. The van der Waals surface area contributed by atoms with Crippen LogP contribution < -0.4 is 10.6 Å². The molecule has 0 unspecified atom stereocenters. The van der Waals surface area contributed by atoms with Gasteiger partial charge in [-0.3, -0.25) is 14.7 Å². The fraction of sp³-hybridized carbons (Fsp3) is 0.238. The molecule has 0 aliphatic carbocycles. The summed E-state index contributed by atoms with van der Waals surface area (Å²) in [6.07, 6.45) is 3.32. The predicted octanol–water partition coefficient (Wildman–Crippen LogP) is 4.09. The fourth-order valence-corrected chi connectivity index (χ4v) is 3.65. The number of imide groups is 1. The first kappa shape index (κ1) is 21.4. The molecule has 9 heteroatoms. The van der Waals surface area contributed by atoms with Gasteiger partial charge < -0.3 is 9.73 Å². The SMILES string of the molecule is C=CCn1c(SCC(=O)NC(=O)Nc2ccc(C)cc2C)nnc1-c1ccoc1C. The number of hydrogen-bond donors (Lipinski definition) is 2. The molecule has 3 rings (SSSR count). The Balaban J connectivity index is 1.61. The van der Waals surface area contributed by atoms with E-state index in [1.54, 1.807) is 18.4 Å². The largest absolute Gasteiger partial charge is 0.469 e. The molecule has 2 aromatic heterocycles. The Morgan fingerprint density at radius 3 is 2.70 bits per heavy atom. The van der Waals surface area contributed by atoms with Crippen molar-refractivity contribution in [1.29, 1.82) is 0 Å². The number of aromatic nitrogens is 3. The van der Waals surface area contributed by atoms with E-state index in [0.29, 0.717) is 23.2 Å². The molecule has 156 valence electrons. The summed E-state index contributed by atoms with van der Waals surface area (Å²) in [6.45, 7) is 9.96. The van der Waals surface area contributed by atoms with Crippen molar-refractivity contribution < 1.29 is 14.0 Å². The van der Waals surface area contributed by atoms with E-state index in [2.05, 4.69) is 27.4 Å². The molecule has 0 radical (unpaired) electrons. The number of thioether (sulfide) groups is 1. The number of carbonyl (C=O) groups is 2. The Kier molecular flexibility index (Phi) is 6.73. The number of anilines is 1. The van der Waals surface area contributed by atoms with Crippen molar-refractivity contribution in [3.8, 4) is 11.4 Å². The Morgan fingerprint density at radius 1 is 1.23 bits per heavy atom. The number of allylic oxidation sites excluding steroid dienone is 1. The van der Waals surface area contributed by atoms with Crippen LogP contribution in [-0.2, 0) is 11.3 Å². The van der Waals surface area contributed by atoms with E-state index in [-0.39, 0.29) is 5.75 Å². The van der Waals surface area contributed by atoms with Gasteiger partial charge in [0.15, 0.2) is 11.0 Å². The number of hydrogen-bond acceptors (Lipinski definition) is 6. The summed E-state index contributed by atoms with van der Waals surface area (Å²) in [5.74, 6) is 0.943. The molecule has 2 N–H and O–H groups in total. The molecule has 0 aliphatic rings. The van der Waals surface area contributed by atoms with Gasteiger partial charge in [0.1, 0.15) is 5.76 Å². The van der Waals surface area contributed by atoms with Gasteiger partial charge in [0.05, 0.1) is 17.6 Å². The molecule has 0 spiro atoms. The van der Waals surface area contributed by atoms with E-state index < -0.39 is 11.9 Å². The van der Waals surface area contributed by atoms with Crippen LogP contribution in [0.15, 0.2) is 52.8 Å². The first-order valence-electron chi connectivity index (χ1n) is 9.28. The van der Waals surface area contributed by atoms with Crippen LogP contribution in [0.5, 0.6) is 0 Å². The van der Waals surface area contributed by atoms with E-state index in [1.165, 1.54) is 11.8 Å². The number of urea groups is 1. The molecule has 3 aromatic rings. The molecule has 8 nitrogen and oxygen atoms in total. The standard InChI is InChI=1S/C21H23N5O3S/c1-5-9-26-19(16-8-10-29-15(16)4)24-25-21(26)30-12-18(27)23-20(28)22-17-7-6-13(2)11-14(17)3/h5-8,10-11H,1,9,12H2,2-4H3,(H2,22,23,27,28). The number of carbonyl (C=O) groups excluding carboxylic acids is 2. The molecular formula is C21H23N5O3S. The summed E-state index contributed by atoms with van der Waals surface area (Å²) in [5.41, 5.74) is 3.50. The van der Waals surface area contributed by atoms with Gasteiger partial charge in [-0.15, -0.1) is 16.8 Å². The molecule has 0 fully saturated rings. The van der Waals surface area contributed by atoms with Gasteiger partial charge in [0.25, 0.3) is 0 Å². The van der Waals surface area contributed by atoms with Crippen LogP contribution in [0.4, 0.5) is 10.5 Å². The minimum atomic E-state index is -0.574. The number of amides is 3. The second-order valence-corrected chi connectivity index (χ2v) is 7.65. The summed E-state index contributed by atoms with van der Waals surface area (Å²) in [5, 5.41) is 14.0. The highest BCUT2D eigenvalue weighted by atomic mass is 32.2. The lowest BCUT2D eigenvalue weighted by molar-refractivity contribution is -0.117. The molecule has 2 heterocycles. The topological polar surface area (TPSA) is 102 Å². The van der Waals surface area contributed by atoms with Crippen molar-refractivity contribution in [2.45, 2.75) is 32.5 Å². The van der Waals surface area contributed by atoms with Gasteiger partial charge in [-0.25, -0.2) is 4.79 Å².